The van der Waals surface area contributed by atoms with Crippen LogP contribution in [0.25, 0.3) is 11.0 Å². The number of benzene rings is 1. The minimum Gasteiger partial charge on any atom is -0.357 e. The summed E-state index contributed by atoms with van der Waals surface area (Å²) in [4.78, 5) is 8.68. The van der Waals surface area contributed by atoms with Crippen molar-refractivity contribution in [1.29, 1.82) is 0 Å². The van der Waals surface area contributed by atoms with Gasteiger partial charge in [-0.3, -0.25) is 5.10 Å². The molecule has 20 heavy (non-hydrogen) atoms. The van der Waals surface area contributed by atoms with Gasteiger partial charge in [0.2, 0.25) is 5.95 Å². The SMILES string of the molecule is CNc1nc(Nc2cccc(Cl)c2Br)c2cn[nH]c2n1. The Balaban J connectivity index is 2.10. The van der Waals surface area contributed by atoms with E-state index >= 15 is 0 Å². The predicted molar refractivity (Wildman–Crippen MR) is 83.7 cm³/mol. The summed E-state index contributed by atoms with van der Waals surface area (Å²) >= 11 is 9.54. The minimum absolute atomic E-state index is 0.502. The lowest BCUT2D eigenvalue weighted by atomic mass is 10.3. The number of hydrogen-bond donors (Lipinski definition) is 3. The lowest BCUT2D eigenvalue weighted by molar-refractivity contribution is 1.09. The van der Waals surface area contributed by atoms with E-state index in [2.05, 4.69) is 46.7 Å². The Bertz CT molecular complexity index is 772. The second-order valence-corrected chi connectivity index (χ2v) is 5.20. The first kappa shape index (κ1) is 13.1. The topological polar surface area (TPSA) is 78.5 Å². The number of aromatic nitrogens is 4. The smallest absolute Gasteiger partial charge is 0.226 e. The lowest BCUT2D eigenvalue weighted by Gasteiger charge is -2.10. The molecule has 2 aromatic heterocycles. The number of hydrogen-bond acceptors (Lipinski definition) is 5. The molecule has 0 spiro atoms. The van der Waals surface area contributed by atoms with E-state index < -0.39 is 0 Å². The van der Waals surface area contributed by atoms with Gasteiger partial charge < -0.3 is 10.6 Å². The highest BCUT2D eigenvalue weighted by molar-refractivity contribution is 9.10. The van der Waals surface area contributed by atoms with E-state index in [1.165, 1.54) is 0 Å². The van der Waals surface area contributed by atoms with Crippen molar-refractivity contribution in [2.45, 2.75) is 0 Å². The van der Waals surface area contributed by atoms with Crippen molar-refractivity contribution in [1.82, 2.24) is 20.2 Å². The molecule has 0 saturated heterocycles. The van der Waals surface area contributed by atoms with Crippen molar-refractivity contribution in [2.24, 2.45) is 0 Å². The summed E-state index contributed by atoms with van der Waals surface area (Å²) in [5.74, 6) is 1.15. The average molecular weight is 354 g/mol. The number of nitrogens with zero attached hydrogens (tertiary/aromatic N) is 3. The molecule has 0 atom stereocenters. The molecule has 0 aliphatic rings. The van der Waals surface area contributed by atoms with E-state index in [0.717, 1.165) is 15.5 Å². The van der Waals surface area contributed by atoms with Gasteiger partial charge in [0.25, 0.3) is 0 Å². The van der Waals surface area contributed by atoms with Crippen LogP contribution in [0.4, 0.5) is 17.5 Å². The fourth-order valence-corrected chi connectivity index (χ4v) is 2.31. The van der Waals surface area contributed by atoms with Crippen LogP contribution < -0.4 is 10.6 Å². The summed E-state index contributed by atoms with van der Waals surface area (Å²) in [5, 5.41) is 14.4. The molecule has 0 bridgehead atoms. The zero-order chi connectivity index (χ0) is 14.1. The summed E-state index contributed by atoms with van der Waals surface area (Å²) in [7, 11) is 1.76. The van der Waals surface area contributed by atoms with Gasteiger partial charge in [-0.2, -0.15) is 15.1 Å². The van der Waals surface area contributed by atoms with Crippen LogP contribution >= 0.6 is 27.5 Å². The number of anilines is 3. The van der Waals surface area contributed by atoms with Crippen LogP contribution in [0.5, 0.6) is 0 Å². The van der Waals surface area contributed by atoms with Crippen LogP contribution in [0.15, 0.2) is 28.9 Å². The van der Waals surface area contributed by atoms with Gasteiger partial charge in [0.05, 0.1) is 26.8 Å². The van der Waals surface area contributed by atoms with E-state index in [-0.39, 0.29) is 0 Å². The fourth-order valence-electron chi connectivity index (χ4n) is 1.77. The van der Waals surface area contributed by atoms with E-state index in [9.17, 15) is 0 Å². The molecule has 0 fully saturated rings. The average Bonchev–Trinajstić information content (AvgIpc) is 2.92. The van der Waals surface area contributed by atoms with Gasteiger partial charge in [0.15, 0.2) is 5.65 Å². The Kier molecular flexibility index (Phi) is 3.45. The molecule has 0 saturated carbocycles. The van der Waals surface area contributed by atoms with E-state index in [0.29, 0.717) is 22.4 Å². The van der Waals surface area contributed by atoms with Crippen molar-refractivity contribution >= 4 is 56.0 Å². The number of nitrogens with one attached hydrogen (secondary N) is 3. The van der Waals surface area contributed by atoms with Crippen molar-refractivity contribution in [3.05, 3.63) is 33.9 Å². The quantitative estimate of drug-likeness (QED) is 0.671. The van der Waals surface area contributed by atoms with Crippen molar-refractivity contribution in [3.63, 3.8) is 0 Å². The van der Waals surface area contributed by atoms with Crippen molar-refractivity contribution < 1.29 is 0 Å². The fraction of sp³-hybridized carbons (Fsp3) is 0.0833. The van der Waals surface area contributed by atoms with Crippen LogP contribution in [0.2, 0.25) is 5.02 Å². The van der Waals surface area contributed by atoms with E-state index in [1.54, 1.807) is 13.2 Å². The number of rotatable bonds is 3. The third-order valence-corrected chi connectivity index (χ3v) is 4.14. The number of fused-ring (bicyclic) bond motifs is 1. The molecule has 0 aliphatic heterocycles. The highest BCUT2D eigenvalue weighted by Crippen LogP contribution is 2.33. The highest BCUT2D eigenvalue weighted by atomic mass is 79.9. The van der Waals surface area contributed by atoms with Gasteiger partial charge in [-0.15, -0.1) is 0 Å². The number of aromatic amines is 1. The van der Waals surface area contributed by atoms with Crippen molar-refractivity contribution in [3.8, 4) is 0 Å². The third kappa shape index (κ3) is 2.30. The summed E-state index contributed by atoms with van der Waals surface area (Å²) in [6.07, 6.45) is 1.68. The van der Waals surface area contributed by atoms with Gasteiger partial charge in [-0.05, 0) is 28.1 Å². The van der Waals surface area contributed by atoms with Gasteiger partial charge in [0, 0.05) is 7.05 Å². The molecule has 3 rings (SSSR count). The van der Waals surface area contributed by atoms with Gasteiger partial charge in [-0.1, -0.05) is 17.7 Å². The molecule has 3 N–H and O–H groups in total. The second-order valence-electron chi connectivity index (χ2n) is 4.00. The summed E-state index contributed by atoms with van der Waals surface area (Å²) in [6.45, 7) is 0. The maximum absolute atomic E-state index is 6.09. The maximum atomic E-state index is 6.09. The number of H-pyrrole nitrogens is 1. The molecule has 1 aromatic carbocycles. The van der Waals surface area contributed by atoms with Crippen LogP contribution in [0.1, 0.15) is 0 Å². The van der Waals surface area contributed by atoms with Crippen LogP contribution in [-0.4, -0.2) is 27.2 Å². The predicted octanol–water partition coefficient (Wildman–Crippen LogP) is 3.55. The molecule has 0 unspecified atom stereocenters. The second kappa shape index (κ2) is 5.26. The standard InChI is InChI=1S/C12H10BrClN6/c1-15-12-18-10(6-5-16-20-11(6)19-12)17-8-4-2-3-7(14)9(8)13/h2-5H,1H3,(H3,15,16,17,18,19,20). The Morgan fingerprint density at radius 3 is 2.95 bits per heavy atom. The van der Waals surface area contributed by atoms with Crippen LogP contribution in [0, 0.1) is 0 Å². The molecule has 0 radical (unpaired) electrons. The zero-order valence-electron chi connectivity index (χ0n) is 10.4. The molecule has 0 aliphatic carbocycles. The molecule has 3 aromatic rings. The summed E-state index contributed by atoms with van der Waals surface area (Å²) in [5.41, 5.74) is 1.48. The molecular weight excluding hydrogens is 344 g/mol. The van der Waals surface area contributed by atoms with Crippen LogP contribution in [-0.2, 0) is 0 Å². The first-order valence-corrected chi connectivity index (χ1v) is 6.96. The first-order chi connectivity index (χ1) is 9.69. The summed E-state index contributed by atoms with van der Waals surface area (Å²) in [6, 6.07) is 5.58. The Labute approximate surface area is 128 Å². The first-order valence-electron chi connectivity index (χ1n) is 5.79. The summed E-state index contributed by atoms with van der Waals surface area (Å²) < 4.78 is 0.780. The molecule has 2 heterocycles. The van der Waals surface area contributed by atoms with Gasteiger partial charge in [0.1, 0.15) is 5.82 Å². The molecule has 102 valence electrons. The zero-order valence-corrected chi connectivity index (χ0v) is 12.7. The maximum Gasteiger partial charge on any atom is 0.226 e. The largest absolute Gasteiger partial charge is 0.357 e. The highest BCUT2D eigenvalue weighted by Gasteiger charge is 2.11. The van der Waals surface area contributed by atoms with Gasteiger partial charge in [-0.25, -0.2) is 0 Å². The van der Waals surface area contributed by atoms with E-state index in [4.69, 9.17) is 11.6 Å². The van der Waals surface area contributed by atoms with E-state index in [1.807, 2.05) is 18.2 Å². The lowest BCUT2D eigenvalue weighted by Crippen LogP contribution is -2.01. The Morgan fingerprint density at radius 1 is 1.30 bits per heavy atom. The normalized spacial score (nSPS) is 10.8. The van der Waals surface area contributed by atoms with Gasteiger partial charge >= 0.3 is 0 Å². The Hall–Kier alpha value is -1.86. The molecule has 0 amide bonds. The Morgan fingerprint density at radius 2 is 2.15 bits per heavy atom. The minimum atomic E-state index is 0.502. The number of halogens is 2. The molecular formula is C12H10BrClN6. The monoisotopic (exact) mass is 352 g/mol. The third-order valence-electron chi connectivity index (χ3n) is 2.74. The van der Waals surface area contributed by atoms with Crippen molar-refractivity contribution in [2.75, 3.05) is 17.7 Å². The molecule has 8 heteroatoms. The molecule has 6 nitrogen and oxygen atoms in total. The van der Waals surface area contributed by atoms with Crippen LogP contribution in [0.3, 0.4) is 0 Å².